The van der Waals surface area contributed by atoms with Gasteiger partial charge in [-0.15, -0.1) is 0 Å². The minimum Gasteiger partial charge on any atom is -0.508 e. The average molecular weight is 269 g/mol. The predicted molar refractivity (Wildman–Crippen MR) is 78.7 cm³/mol. The molecule has 1 atom stereocenters. The van der Waals surface area contributed by atoms with Gasteiger partial charge < -0.3 is 15.6 Å². The van der Waals surface area contributed by atoms with Crippen LogP contribution in [0.1, 0.15) is 35.6 Å². The first kappa shape index (κ1) is 13.0. The smallest absolute Gasteiger partial charge is 0.120 e. The van der Waals surface area contributed by atoms with E-state index in [1.165, 1.54) is 11.1 Å². The van der Waals surface area contributed by atoms with Gasteiger partial charge in [0.05, 0.1) is 0 Å². The summed E-state index contributed by atoms with van der Waals surface area (Å²) in [6.07, 6.45) is 3.32. The Morgan fingerprint density at radius 3 is 2.95 bits per heavy atom. The third kappa shape index (κ3) is 2.78. The van der Waals surface area contributed by atoms with Gasteiger partial charge in [-0.3, -0.25) is 0 Å². The first-order valence-electron chi connectivity index (χ1n) is 7.01. The maximum atomic E-state index is 9.43. The lowest BCUT2D eigenvalue weighted by Crippen LogP contribution is -2.17. The van der Waals surface area contributed by atoms with Crippen LogP contribution in [0.2, 0.25) is 0 Å². The van der Waals surface area contributed by atoms with Gasteiger partial charge in [0.1, 0.15) is 18.1 Å². The average Bonchev–Trinajstić information content (AvgIpc) is 2.46. The highest BCUT2D eigenvalue weighted by Crippen LogP contribution is 2.31. The lowest BCUT2D eigenvalue weighted by molar-refractivity contribution is 0.304. The zero-order chi connectivity index (χ0) is 13.9. The van der Waals surface area contributed by atoms with Crippen molar-refractivity contribution in [2.24, 2.45) is 5.73 Å². The predicted octanol–water partition coefficient (Wildman–Crippen LogP) is 3.31. The number of fused-ring (bicyclic) bond motifs is 1. The van der Waals surface area contributed by atoms with Crippen molar-refractivity contribution in [3.05, 3.63) is 59.2 Å². The van der Waals surface area contributed by atoms with E-state index in [2.05, 4.69) is 12.1 Å². The number of ether oxygens (including phenoxy) is 1. The first-order valence-corrected chi connectivity index (χ1v) is 7.01. The molecule has 0 aliphatic heterocycles. The molecule has 0 bridgehead atoms. The second-order valence-corrected chi connectivity index (χ2v) is 5.32. The Morgan fingerprint density at radius 2 is 2.10 bits per heavy atom. The van der Waals surface area contributed by atoms with E-state index in [-0.39, 0.29) is 11.8 Å². The van der Waals surface area contributed by atoms with Crippen molar-refractivity contribution in [3.63, 3.8) is 0 Å². The van der Waals surface area contributed by atoms with Crippen LogP contribution in [-0.2, 0) is 13.0 Å². The molecule has 20 heavy (non-hydrogen) atoms. The van der Waals surface area contributed by atoms with E-state index in [1.807, 2.05) is 18.2 Å². The Balaban J connectivity index is 1.73. The lowest BCUT2D eigenvalue weighted by Gasteiger charge is -2.22. The largest absolute Gasteiger partial charge is 0.508 e. The van der Waals surface area contributed by atoms with Crippen LogP contribution in [0, 0.1) is 0 Å². The van der Waals surface area contributed by atoms with Gasteiger partial charge in [0.15, 0.2) is 0 Å². The summed E-state index contributed by atoms with van der Waals surface area (Å²) in [6, 6.07) is 13.4. The SMILES string of the molecule is N[C@@H]1CCCc2ccc(OCc3cccc(O)c3)cc21. The molecule has 1 aliphatic rings. The van der Waals surface area contributed by atoms with Crippen molar-refractivity contribution >= 4 is 0 Å². The fraction of sp³-hybridized carbons (Fsp3) is 0.294. The number of hydrogen-bond acceptors (Lipinski definition) is 3. The molecular weight excluding hydrogens is 250 g/mol. The molecule has 0 aromatic heterocycles. The molecule has 0 fully saturated rings. The monoisotopic (exact) mass is 269 g/mol. The van der Waals surface area contributed by atoms with E-state index in [0.29, 0.717) is 6.61 Å². The topological polar surface area (TPSA) is 55.5 Å². The zero-order valence-electron chi connectivity index (χ0n) is 11.4. The van der Waals surface area contributed by atoms with E-state index in [9.17, 15) is 5.11 Å². The van der Waals surface area contributed by atoms with Gasteiger partial charge in [0.2, 0.25) is 0 Å². The number of phenolic OH excluding ortho intramolecular Hbond substituents is 1. The number of hydrogen-bond donors (Lipinski definition) is 2. The van der Waals surface area contributed by atoms with Crippen LogP contribution in [0.5, 0.6) is 11.5 Å². The maximum absolute atomic E-state index is 9.43. The van der Waals surface area contributed by atoms with Gasteiger partial charge >= 0.3 is 0 Å². The number of aromatic hydroxyl groups is 1. The third-order valence-electron chi connectivity index (χ3n) is 3.79. The van der Waals surface area contributed by atoms with Crippen molar-refractivity contribution in [3.8, 4) is 11.5 Å². The summed E-state index contributed by atoms with van der Waals surface area (Å²) in [5.41, 5.74) is 9.66. The summed E-state index contributed by atoms with van der Waals surface area (Å²) in [7, 11) is 0. The molecule has 104 valence electrons. The van der Waals surface area contributed by atoms with Crippen LogP contribution in [0.3, 0.4) is 0 Å². The Kier molecular flexibility index (Phi) is 3.61. The zero-order valence-corrected chi connectivity index (χ0v) is 11.4. The minimum atomic E-state index is 0.128. The van der Waals surface area contributed by atoms with Gasteiger partial charge in [0.25, 0.3) is 0 Å². The van der Waals surface area contributed by atoms with Gasteiger partial charge in [-0.05, 0) is 60.2 Å². The molecule has 0 radical (unpaired) electrons. The highest BCUT2D eigenvalue weighted by atomic mass is 16.5. The Bertz CT molecular complexity index is 610. The van der Waals surface area contributed by atoms with Crippen molar-refractivity contribution in [1.82, 2.24) is 0 Å². The van der Waals surface area contributed by atoms with Gasteiger partial charge in [-0.25, -0.2) is 0 Å². The van der Waals surface area contributed by atoms with Gasteiger partial charge in [-0.1, -0.05) is 18.2 Å². The molecule has 0 saturated heterocycles. The molecule has 0 amide bonds. The molecule has 0 unspecified atom stereocenters. The normalized spacial score (nSPS) is 17.6. The summed E-state index contributed by atoms with van der Waals surface area (Å²) >= 11 is 0. The summed E-state index contributed by atoms with van der Waals surface area (Å²) < 4.78 is 5.79. The molecular formula is C17H19NO2. The summed E-state index contributed by atoms with van der Waals surface area (Å²) in [6.45, 7) is 0.447. The van der Waals surface area contributed by atoms with E-state index < -0.39 is 0 Å². The van der Waals surface area contributed by atoms with Crippen molar-refractivity contribution in [2.45, 2.75) is 31.9 Å². The number of nitrogens with two attached hydrogens (primary N) is 1. The second-order valence-electron chi connectivity index (χ2n) is 5.32. The first-order chi connectivity index (χ1) is 9.72. The van der Waals surface area contributed by atoms with Crippen LogP contribution in [0.4, 0.5) is 0 Å². The number of rotatable bonds is 3. The number of phenols is 1. The Morgan fingerprint density at radius 1 is 1.20 bits per heavy atom. The van der Waals surface area contributed by atoms with E-state index in [1.54, 1.807) is 12.1 Å². The van der Waals surface area contributed by atoms with Crippen LogP contribution >= 0.6 is 0 Å². The molecule has 2 aromatic carbocycles. The summed E-state index contributed by atoms with van der Waals surface area (Å²) in [5.74, 6) is 1.10. The van der Waals surface area contributed by atoms with Gasteiger partial charge in [0, 0.05) is 6.04 Å². The number of aryl methyl sites for hydroxylation is 1. The summed E-state index contributed by atoms with van der Waals surface area (Å²) in [5, 5.41) is 9.43. The summed E-state index contributed by atoms with van der Waals surface area (Å²) in [4.78, 5) is 0. The highest BCUT2D eigenvalue weighted by molar-refractivity contribution is 5.39. The molecule has 3 N–H and O–H groups in total. The number of benzene rings is 2. The van der Waals surface area contributed by atoms with Crippen LogP contribution in [0.25, 0.3) is 0 Å². The molecule has 3 nitrogen and oxygen atoms in total. The molecule has 0 heterocycles. The van der Waals surface area contributed by atoms with E-state index in [0.717, 1.165) is 30.6 Å². The van der Waals surface area contributed by atoms with Crippen molar-refractivity contribution in [1.29, 1.82) is 0 Å². The van der Waals surface area contributed by atoms with Crippen LogP contribution in [-0.4, -0.2) is 5.11 Å². The fourth-order valence-corrected chi connectivity index (χ4v) is 2.72. The fourth-order valence-electron chi connectivity index (χ4n) is 2.72. The lowest BCUT2D eigenvalue weighted by atomic mass is 9.88. The molecule has 2 aromatic rings. The Hall–Kier alpha value is -2.00. The maximum Gasteiger partial charge on any atom is 0.120 e. The quantitative estimate of drug-likeness (QED) is 0.898. The third-order valence-corrected chi connectivity index (χ3v) is 3.79. The molecule has 1 aliphatic carbocycles. The van der Waals surface area contributed by atoms with Gasteiger partial charge in [-0.2, -0.15) is 0 Å². The highest BCUT2D eigenvalue weighted by Gasteiger charge is 2.17. The Labute approximate surface area is 119 Å². The molecule has 0 spiro atoms. The van der Waals surface area contributed by atoms with Crippen LogP contribution in [0.15, 0.2) is 42.5 Å². The molecule has 3 heteroatoms. The standard InChI is InChI=1S/C17H19NO2/c18-17-6-2-4-13-7-8-15(10-16(13)17)20-11-12-3-1-5-14(19)9-12/h1,3,5,7-10,17,19H,2,4,6,11,18H2/t17-/m1/s1. The van der Waals surface area contributed by atoms with Crippen molar-refractivity contribution < 1.29 is 9.84 Å². The molecule has 0 saturated carbocycles. The van der Waals surface area contributed by atoms with E-state index >= 15 is 0 Å². The minimum absolute atomic E-state index is 0.128. The second kappa shape index (κ2) is 5.55. The van der Waals surface area contributed by atoms with E-state index in [4.69, 9.17) is 10.5 Å². The van der Waals surface area contributed by atoms with Crippen molar-refractivity contribution in [2.75, 3.05) is 0 Å². The molecule has 3 rings (SSSR count). The van der Waals surface area contributed by atoms with Crippen LogP contribution < -0.4 is 10.5 Å².